The lowest BCUT2D eigenvalue weighted by molar-refractivity contribution is 0.217. The first-order chi connectivity index (χ1) is 7.22. The van der Waals surface area contributed by atoms with Crippen LogP contribution in [0.25, 0.3) is 0 Å². The average Bonchev–Trinajstić information content (AvgIpc) is 2.18. The average molecular weight is 228 g/mol. The van der Waals surface area contributed by atoms with E-state index in [4.69, 9.17) is 16.3 Å². The maximum atomic E-state index is 5.86. The third-order valence-corrected chi connectivity index (χ3v) is 2.23. The smallest absolute Gasteiger partial charge is 0.121 e. The molecule has 1 aromatic rings. The van der Waals surface area contributed by atoms with Crippen molar-refractivity contribution < 1.29 is 4.74 Å². The summed E-state index contributed by atoms with van der Waals surface area (Å²) in [7, 11) is 0. The molecule has 0 saturated carbocycles. The number of rotatable bonds is 6. The Hall–Kier alpha value is -0.730. The summed E-state index contributed by atoms with van der Waals surface area (Å²) >= 11 is 5.86. The second kappa shape index (κ2) is 6.70. The Morgan fingerprint density at radius 3 is 2.93 bits per heavy atom. The van der Waals surface area contributed by atoms with Gasteiger partial charge in [-0.2, -0.15) is 0 Å². The Balaban J connectivity index is 2.34. The lowest BCUT2D eigenvalue weighted by Crippen LogP contribution is -2.29. The van der Waals surface area contributed by atoms with Crippen molar-refractivity contribution >= 4 is 11.6 Å². The molecule has 1 unspecified atom stereocenters. The van der Waals surface area contributed by atoms with E-state index in [1.807, 2.05) is 31.2 Å². The number of nitrogens with one attached hydrogen (secondary N) is 1. The first kappa shape index (κ1) is 12.3. The van der Waals surface area contributed by atoms with E-state index in [-0.39, 0.29) is 6.10 Å². The fourth-order valence-corrected chi connectivity index (χ4v) is 1.48. The van der Waals surface area contributed by atoms with Gasteiger partial charge in [0.1, 0.15) is 11.9 Å². The summed E-state index contributed by atoms with van der Waals surface area (Å²) < 4.78 is 5.69. The zero-order chi connectivity index (χ0) is 11.1. The van der Waals surface area contributed by atoms with Crippen molar-refractivity contribution in [3.8, 4) is 5.75 Å². The lowest BCUT2D eigenvalue weighted by atomic mass is 10.3. The summed E-state index contributed by atoms with van der Waals surface area (Å²) in [5, 5.41) is 4.02. The SMILES string of the molecule is CCCNCC(C)Oc1cccc(Cl)c1. The van der Waals surface area contributed by atoms with Gasteiger partial charge in [-0.15, -0.1) is 0 Å². The normalized spacial score (nSPS) is 12.5. The second-order valence-corrected chi connectivity index (χ2v) is 4.03. The molecule has 84 valence electrons. The van der Waals surface area contributed by atoms with Gasteiger partial charge >= 0.3 is 0 Å². The summed E-state index contributed by atoms with van der Waals surface area (Å²) in [5.41, 5.74) is 0. The van der Waals surface area contributed by atoms with Crippen molar-refractivity contribution in [1.82, 2.24) is 5.32 Å². The van der Waals surface area contributed by atoms with E-state index in [1.165, 1.54) is 0 Å². The fourth-order valence-electron chi connectivity index (χ4n) is 1.30. The van der Waals surface area contributed by atoms with Crippen molar-refractivity contribution in [3.63, 3.8) is 0 Å². The van der Waals surface area contributed by atoms with E-state index >= 15 is 0 Å². The Labute approximate surface area is 96.6 Å². The van der Waals surface area contributed by atoms with Gasteiger partial charge in [0.05, 0.1) is 0 Å². The van der Waals surface area contributed by atoms with Crippen molar-refractivity contribution in [3.05, 3.63) is 29.3 Å². The van der Waals surface area contributed by atoms with Crippen molar-refractivity contribution in [2.24, 2.45) is 0 Å². The lowest BCUT2D eigenvalue weighted by Gasteiger charge is -2.15. The predicted molar refractivity (Wildman–Crippen MR) is 64.7 cm³/mol. The van der Waals surface area contributed by atoms with Gasteiger partial charge in [-0.3, -0.25) is 0 Å². The molecule has 1 atom stereocenters. The van der Waals surface area contributed by atoms with Gasteiger partial charge in [0.2, 0.25) is 0 Å². The van der Waals surface area contributed by atoms with Crippen LogP contribution in [0, 0.1) is 0 Å². The number of hydrogen-bond donors (Lipinski definition) is 1. The molecule has 0 aromatic heterocycles. The second-order valence-electron chi connectivity index (χ2n) is 3.59. The maximum Gasteiger partial charge on any atom is 0.121 e. The van der Waals surface area contributed by atoms with Crippen molar-refractivity contribution in [2.75, 3.05) is 13.1 Å². The van der Waals surface area contributed by atoms with Crippen LogP contribution in [0.3, 0.4) is 0 Å². The standard InChI is InChI=1S/C12H18ClNO/c1-3-7-14-9-10(2)15-12-6-4-5-11(13)8-12/h4-6,8,10,14H,3,7,9H2,1-2H3. The highest BCUT2D eigenvalue weighted by atomic mass is 35.5. The molecule has 1 N–H and O–H groups in total. The summed E-state index contributed by atoms with van der Waals surface area (Å²) in [6.07, 6.45) is 1.30. The van der Waals surface area contributed by atoms with E-state index in [0.29, 0.717) is 5.02 Å². The zero-order valence-electron chi connectivity index (χ0n) is 9.29. The molecule has 0 amide bonds. The van der Waals surface area contributed by atoms with Crippen LogP contribution in [-0.2, 0) is 0 Å². The van der Waals surface area contributed by atoms with Crippen LogP contribution in [0.4, 0.5) is 0 Å². The third kappa shape index (κ3) is 5.05. The van der Waals surface area contributed by atoms with Crippen LogP contribution in [0.15, 0.2) is 24.3 Å². The number of benzene rings is 1. The molecule has 0 saturated heterocycles. The van der Waals surface area contributed by atoms with Gasteiger partial charge in [0.25, 0.3) is 0 Å². The maximum absolute atomic E-state index is 5.86. The molecule has 2 nitrogen and oxygen atoms in total. The molecule has 0 radical (unpaired) electrons. The predicted octanol–water partition coefficient (Wildman–Crippen LogP) is 3.11. The van der Waals surface area contributed by atoms with Crippen LogP contribution >= 0.6 is 11.6 Å². The van der Waals surface area contributed by atoms with Crippen LogP contribution in [0.5, 0.6) is 5.75 Å². The monoisotopic (exact) mass is 227 g/mol. The molecule has 0 aliphatic rings. The van der Waals surface area contributed by atoms with E-state index in [9.17, 15) is 0 Å². The molecule has 0 heterocycles. The minimum atomic E-state index is 0.162. The number of hydrogen-bond acceptors (Lipinski definition) is 2. The van der Waals surface area contributed by atoms with Gasteiger partial charge in [-0.05, 0) is 38.1 Å². The minimum Gasteiger partial charge on any atom is -0.489 e. The Morgan fingerprint density at radius 1 is 1.47 bits per heavy atom. The summed E-state index contributed by atoms with van der Waals surface area (Å²) in [5.74, 6) is 0.827. The van der Waals surface area contributed by atoms with Gasteiger partial charge < -0.3 is 10.1 Å². The zero-order valence-corrected chi connectivity index (χ0v) is 10.1. The topological polar surface area (TPSA) is 21.3 Å². The first-order valence-electron chi connectivity index (χ1n) is 5.35. The van der Waals surface area contributed by atoms with Crippen molar-refractivity contribution in [1.29, 1.82) is 0 Å². The third-order valence-electron chi connectivity index (χ3n) is 1.99. The van der Waals surface area contributed by atoms with Gasteiger partial charge in [-0.1, -0.05) is 24.6 Å². The highest BCUT2D eigenvalue weighted by molar-refractivity contribution is 6.30. The minimum absolute atomic E-state index is 0.162. The molecule has 0 fully saturated rings. The molecular formula is C12H18ClNO. The van der Waals surface area contributed by atoms with Gasteiger partial charge in [0.15, 0.2) is 0 Å². The van der Waals surface area contributed by atoms with Crippen LogP contribution < -0.4 is 10.1 Å². The van der Waals surface area contributed by atoms with E-state index in [0.717, 1.165) is 25.3 Å². The summed E-state index contributed by atoms with van der Waals surface area (Å²) in [6, 6.07) is 7.48. The molecule has 0 aliphatic carbocycles. The van der Waals surface area contributed by atoms with Crippen molar-refractivity contribution in [2.45, 2.75) is 26.4 Å². The van der Waals surface area contributed by atoms with E-state index < -0.39 is 0 Å². The highest BCUT2D eigenvalue weighted by Crippen LogP contribution is 2.18. The highest BCUT2D eigenvalue weighted by Gasteiger charge is 2.03. The fraction of sp³-hybridized carbons (Fsp3) is 0.500. The molecule has 0 bridgehead atoms. The first-order valence-corrected chi connectivity index (χ1v) is 5.73. The molecule has 15 heavy (non-hydrogen) atoms. The molecule has 3 heteroatoms. The van der Waals surface area contributed by atoms with Gasteiger partial charge in [-0.25, -0.2) is 0 Å². The molecular weight excluding hydrogens is 210 g/mol. The van der Waals surface area contributed by atoms with Gasteiger partial charge in [0, 0.05) is 11.6 Å². The molecule has 0 aliphatic heterocycles. The van der Waals surface area contributed by atoms with Crippen LogP contribution in [0.2, 0.25) is 5.02 Å². The molecule has 1 aromatic carbocycles. The largest absolute Gasteiger partial charge is 0.489 e. The Morgan fingerprint density at radius 2 is 2.27 bits per heavy atom. The van der Waals surface area contributed by atoms with Crippen LogP contribution in [0.1, 0.15) is 20.3 Å². The quantitative estimate of drug-likeness (QED) is 0.755. The van der Waals surface area contributed by atoms with E-state index in [2.05, 4.69) is 12.2 Å². The Bertz CT molecular complexity index is 291. The van der Waals surface area contributed by atoms with Crippen LogP contribution in [-0.4, -0.2) is 19.2 Å². The molecule has 0 spiro atoms. The molecule has 1 rings (SSSR count). The Kier molecular flexibility index (Phi) is 5.51. The number of ether oxygens (including phenoxy) is 1. The number of halogens is 1. The summed E-state index contributed by atoms with van der Waals surface area (Å²) in [4.78, 5) is 0. The summed E-state index contributed by atoms with van der Waals surface area (Å²) in [6.45, 7) is 6.09. The van der Waals surface area contributed by atoms with E-state index in [1.54, 1.807) is 0 Å².